The molecular weight excluding hydrogens is 357 g/mol. The van der Waals surface area contributed by atoms with E-state index < -0.39 is 17.6 Å². The molecule has 2 N–H and O–H groups in total. The summed E-state index contributed by atoms with van der Waals surface area (Å²) in [5.74, 6) is -1.06. The molecule has 0 spiro atoms. The van der Waals surface area contributed by atoms with Crippen LogP contribution in [0.5, 0.6) is 0 Å². The first-order valence-corrected chi connectivity index (χ1v) is 7.61. The Labute approximate surface area is 147 Å². The number of nitrogens with one attached hydrogen (secondary N) is 2. The van der Waals surface area contributed by atoms with E-state index in [1.165, 1.54) is 0 Å². The summed E-state index contributed by atoms with van der Waals surface area (Å²) in [5.41, 5.74) is -0.319. The minimum atomic E-state index is -4.55. The van der Waals surface area contributed by atoms with Crippen molar-refractivity contribution >= 4 is 29.1 Å². The van der Waals surface area contributed by atoms with Crippen molar-refractivity contribution in [3.05, 3.63) is 64.7 Å². The molecule has 25 heavy (non-hydrogen) atoms. The van der Waals surface area contributed by atoms with Crippen LogP contribution >= 0.6 is 11.6 Å². The first-order chi connectivity index (χ1) is 11.8. The molecule has 0 saturated carbocycles. The molecule has 0 fully saturated rings. The van der Waals surface area contributed by atoms with Crippen molar-refractivity contribution in [2.75, 3.05) is 11.9 Å². The third-order valence-electron chi connectivity index (χ3n) is 3.22. The van der Waals surface area contributed by atoms with Gasteiger partial charge in [0.05, 0.1) is 29.2 Å². The number of anilines is 1. The van der Waals surface area contributed by atoms with Crippen LogP contribution in [0.3, 0.4) is 0 Å². The van der Waals surface area contributed by atoms with Gasteiger partial charge in [-0.05, 0) is 23.8 Å². The molecular formula is C17H14ClF3N2O2. The summed E-state index contributed by atoms with van der Waals surface area (Å²) in [6.07, 6.45) is -4.45. The topological polar surface area (TPSA) is 58.2 Å². The summed E-state index contributed by atoms with van der Waals surface area (Å²) in [5, 5.41) is 4.62. The number of alkyl halides is 3. The molecule has 2 aromatic carbocycles. The van der Waals surface area contributed by atoms with E-state index in [0.717, 1.165) is 23.8 Å². The Kier molecular flexibility index (Phi) is 6.03. The van der Waals surface area contributed by atoms with Gasteiger partial charge in [-0.2, -0.15) is 13.2 Å². The van der Waals surface area contributed by atoms with Crippen LogP contribution in [0.15, 0.2) is 48.5 Å². The number of benzene rings is 2. The number of halogens is 4. The quantitative estimate of drug-likeness (QED) is 0.844. The second kappa shape index (κ2) is 8.02. The summed E-state index contributed by atoms with van der Waals surface area (Å²) in [6.45, 7) is -0.377. The maximum absolute atomic E-state index is 12.7. The van der Waals surface area contributed by atoms with Crippen molar-refractivity contribution in [2.45, 2.75) is 12.6 Å². The number of hydrogen-bond donors (Lipinski definition) is 2. The van der Waals surface area contributed by atoms with Crippen molar-refractivity contribution in [3.63, 3.8) is 0 Å². The zero-order valence-electron chi connectivity index (χ0n) is 12.9. The minimum absolute atomic E-state index is 0.0306. The first-order valence-electron chi connectivity index (χ1n) is 7.23. The van der Waals surface area contributed by atoms with E-state index >= 15 is 0 Å². The molecule has 0 aliphatic heterocycles. The standard InChI is InChI=1S/C17H14ClF3N2O2/c18-13-7-6-12(17(19,20)21)9-14(13)23-16(25)10-22-15(24)8-11-4-2-1-3-5-11/h1-7,9H,8,10H2,(H,22,24)(H,23,25). The normalized spacial score (nSPS) is 11.0. The smallest absolute Gasteiger partial charge is 0.347 e. The molecule has 0 radical (unpaired) electrons. The predicted octanol–water partition coefficient (Wildman–Crippen LogP) is 3.66. The molecule has 0 unspecified atom stereocenters. The molecule has 0 aliphatic carbocycles. The maximum atomic E-state index is 12.7. The van der Waals surface area contributed by atoms with Gasteiger partial charge in [-0.3, -0.25) is 9.59 Å². The van der Waals surface area contributed by atoms with Crippen molar-refractivity contribution in [1.29, 1.82) is 0 Å². The molecule has 132 valence electrons. The van der Waals surface area contributed by atoms with Crippen molar-refractivity contribution in [2.24, 2.45) is 0 Å². The number of amides is 2. The molecule has 0 aromatic heterocycles. The number of hydrogen-bond acceptors (Lipinski definition) is 2. The highest BCUT2D eigenvalue weighted by molar-refractivity contribution is 6.33. The fourth-order valence-corrected chi connectivity index (χ4v) is 2.18. The maximum Gasteiger partial charge on any atom is 0.416 e. The molecule has 0 heterocycles. The molecule has 2 amide bonds. The number of carbonyl (C=O) groups excluding carboxylic acids is 2. The zero-order valence-corrected chi connectivity index (χ0v) is 13.6. The van der Waals surface area contributed by atoms with Crippen LogP contribution in [-0.2, 0) is 22.2 Å². The van der Waals surface area contributed by atoms with Crippen molar-refractivity contribution < 1.29 is 22.8 Å². The minimum Gasteiger partial charge on any atom is -0.347 e. The predicted molar refractivity (Wildman–Crippen MR) is 88.2 cm³/mol. The monoisotopic (exact) mass is 370 g/mol. The average Bonchev–Trinajstić information content (AvgIpc) is 2.55. The van der Waals surface area contributed by atoms with E-state index in [-0.39, 0.29) is 29.6 Å². The summed E-state index contributed by atoms with van der Waals surface area (Å²) < 4.78 is 38.1. The third-order valence-corrected chi connectivity index (χ3v) is 3.55. The van der Waals surface area contributed by atoms with Crippen LogP contribution < -0.4 is 10.6 Å². The fourth-order valence-electron chi connectivity index (χ4n) is 2.01. The van der Waals surface area contributed by atoms with Crippen molar-refractivity contribution in [3.8, 4) is 0 Å². The third kappa shape index (κ3) is 5.79. The highest BCUT2D eigenvalue weighted by atomic mass is 35.5. The second-order valence-corrected chi connectivity index (χ2v) is 5.59. The number of carbonyl (C=O) groups is 2. The van der Waals surface area contributed by atoms with Crippen LogP contribution in [0.25, 0.3) is 0 Å². The average molecular weight is 371 g/mol. The molecule has 0 bridgehead atoms. The Morgan fingerprint density at radius 1 is 1.00 bits per heavy atom. The van der Waals surface area contributed by atoms with E-state index in [4.69, 9.17) is 11.6 Å². The second-order valence-electron chi connectivity index (χ2n) is 5.18. The SMILES string of the molecule is O=C(Cc1ccccc1)NCC(=O)Nc1cc(C(F)(F)F)ccc1Cl. The molecule has 2 aromatic rings. The van der Waals surface area contributed by atoms with Crippen LogP contribution in [0.4, 0.5) is 18.9 Å². The van der Waals surface area contributed by atoms with Crippen LogP contribution in [0.2, 0.25) is 5.02 Å². The van der Waals surface area contributed by atoms with Gasteiger partial charge >= 0.3 is 6.18 Å². The highest BCUT2D eigenvalue weighted by Crippen LogP contribution is 2.33. The number of rotatable bonds is 5. The molecule has 4 nitrogen and oxygen atoms in total. The Morgan fingerprint density at radius 3 is 2.32 bits per heavy atom. The van der Waals surface area contributed by atoms with Gasteiger partial charge in [0.2, 0.25) is 11.8 Å². The van der Waals surface area contributed by atoms with Crippen molar-refractivity contribution in [1.82, 2.24) is 5.32 Å². The van der Waals surface area contributed by atoms with Gasteiger partial charge in [-0.25, -0.2) is 0 Å². The molecule has 0 aliphatic rings. The van der Waals surface area contributed by atoms with Gasteiger partial charge in [0.1, 0.15) is 0 Å². The Bertz CT molecular complexity index is 764. The van der Waals surface area contributed by atoms with E-state index in [9.17, 15) is 22.8 Å². The summed E-state index contributed by atoms with van der Waals surface area (Å²) in [4.78, 5) is 23.6. The Balaban J connectivity index is 1.91. The molecule has 0 saturated heterocycles. The van der Waals surface area contributed by atoms with Gasteiger partial charge in [-0.15, -0.1) is 0 Å². The van der Waals surface area contributed by atoms with E-state index in [2.05, 4.69) is 10.6 Å². The lowest BCUT2D eigenvalue weighted by Crippen LogP contribution is -2.33. The van der Waals surface area contributed by atoms with E-state index in [0.29, 0.717) is 0 Å². The van der Waals surface area contributed by atoms with Gasteiger partial charge in [-0.1, -0.05) is 41.9 Å². The van der Waals surface area contributed by atoms with Gasteiger partial charge in [0.15, 0.2) is 0 Å². The largest absolute Gasteiger partial charge is 0.416 e. The van der Waals surface area contributed by atoms with Gasteiger partial charge < -0.3 is 10.6 Å². The Hall–Kier alpha value is -2.54. The fraction of sp³-hybridized carbons (Fsp3) is 0.176. The lowest BCUT2D eigenvalue weighted by molar-refractivity contribution is -0.137. The highest BCUT2D eigenvalue weighted by Gasteiger charge is 2.31. The Morgan fingerprint density at radius 2 is 1.68 bits per heavy atom. The van der Waals surface area contributed by atoms with Gasteiger partial charge in [0.25, 0.3) is 0 Å². The molecule has 8 heteroatoms. The van der Waals surface area contributed by atoms with E-state index in [1.807, 2.05) is 6.07 Å². The molecule has 0 atom stereocenters. The van der Waals surface area contributed by atoms with Crippen LogP contribution in [0.1, 0.15) is 11.1 Å². The lowest BCUT2D eigenvalue weighted by atomic mass is 10.1. The summed E-state index contributed by atoms with van der Waals surface area (Å²) in [7, 11) is 0. The lowest BCUT2D eigenvalue weighted by Gasteiger charge is -2.12. The van der Waals surface area contributed by atoms with Crippen LogP contribution in [-0.4, -0.2) is 18.4 Å². The van der Waals surface area contributed by atoms with Crippen LogP contribution in [0, 0.1) is 0 Å². The summed E-state index contributed by atoms with van der Waals surface area (Å²) >= 11 is 5.79. The first kappa shape index (κ1) is 18.8. The zero-order chi connectivity index (χ0) is 18.4. The van der Waals surface area contributed by atoms with Gasteiger partial charge in [0, 0.05) is 0 Å². The summed E-state index contributed by atoms with van der Waals surface area (Å²) in [6, 6.07) is 11.5. The van der Waals surface area contributed by atoms with E-state index in [1.54, 1.807) is 24.3 Å². The molecule has 2 rings (SSSR count).